The van der Waals surface area contributed by atoms with E-state index in [4.69, 9.17) is 11.6 Å². The summed E-state index contributed by atoms with van der Waals surface area (Å²) in [5, 5.41) is -0.934. The van der Waals surface area contributed by atoms with Crippen molar-refractivity contribution in [2.75, 3.05) is 13.1 Å². The maximum absolute atomic E-state index is 13.7. The minimum Gasteiger partial charge on any atom is -0.341 e. The lowest BCUT2D eigenvalue weighted by Gasteiger charge is -2.28. The average Bonchev–Trinajstić information content (AvgIpc) is 2.38. The summed E-state index contributed by atoms with van der Waals surface area (Å²) in [5.74, 6) is -0.646. The van der Waals surface area contributed by atoms with E-state index in [9.17, 15) is 9.18 Å². The van der Waals surface area contributed by atoms with Crippen molar-refractivity contribution in [2.24, 2.45) is 0 Å². The van der Waals surface area contributed by atoms with Crippen molar-refractivity contribution in [1.29, 1.82) is 0 Å². The molecule has 1 aromatic rings. The molecule has 1 aromatic carbocycles. The van der Waals surface area contributed by atoms with E-state index >= 15 is 0 Å². The normalized spacial score (nSPS) is 17.6. The smallest absolute Gasteiger partial charge is 0.245 e. The van der Waals surface area contributed by atoms with Gasteiger partial charge in [-0.2, -0.15) is 0 Å². The monoisotopic (exact) mass is 333 g/mol. The predicted molar refractivity (Wildman–Crippen MR) is 73.1 cm³/mol. The maximum atomic E-state index is 13.7. The number of hydrogen-bond donors (Lipinski definition) is 0. The van der Waals surface area contributed by atoms with E-state index in [2.05, 4.69) is 15.9 Å². The van der Waals surface area contributed by atoms with Gasteiger partial charge in [0, 0.05) is 23.1 Å². The summed E-state index contributed by atoms with van der Waals surface area (Å²) in [5.41, 5.74) is 0.246. The predicted octanol–water partition coefficient (Wildman–Crippen LogP) is 3.88. The van der Waals surface area contributed by atoms with Gasteiger partial charge in [-0.15, -0.1) is 11.6 Å². The molecule has 0 bridgehead atoms. The molecule has 1 aliphatic heterocycles. The summed E-state index contributed by atoms with van der Waals surface area (Å²) >= 11 is 9.28. The Bertz CT molecular complexity index is 449. The van der Waals surface area contributed by atoms with Crippen molar-refractivity contribution in [1.82, 2.24) is 4.90 Å². The number of benzene rings is 1. The summed E-state index contributed by atoms with van der Waals surface area (Å²) in [6.07, 6.45) is 3.14. The van der Waals surface area contributed by atoms with Gasteiger partial charge >= 0.3 is 0 Å². The van der Waals surface area contributed by atoms with Crippen molar-refractivity contribution in [2.45, 2.75) is 24.6 Å². The van der Waals surface area contributed by atoms with Gasteiger partial charge in [-0.25, -0.2) is 4.39 Å². The van der Waals surface area contributed by atoms with Crippen LogP contribution in [0.2, 0.25) is 0 Å². The molecule has 1 heterocycles. The van der Waals surface area contributed by atoms with Gasteiger partial charge in [-0.1, -0.05) is 22.0 Å². The maximum Gasteiger partial charge on any atom is 0.245 e. The molecular weight excluding hydrogens is 321 g/mol. The van der Waals surface area contributed by atoms with E-state index in [1.807, 2.05) is 0 Å². The molecule has 0 aromatic heterocycles. The van der Waals surface area contributed by atoms with Crippen LogP contribution in [0.15, 0.2) is 22.7 Å². The third kappa shape index (κ3) is 3.04. The Balaban J connectivity index is 2.14. The van der Waals surface area contributed by atoms with E-state index in [1.54, 1.807) is 17.0 Å². The summed E-state index contributed by atoms with van der Waals surface area (Å²) in [6, 6.07) is 4.57. The lowest BCUT2D eigenvalue weighted by molar-refractivity contribution is -0.131. The molecule has 0 N–H and O–H groups in total. The highest BCUT2D eigenvalue weighted by molar-refractivity contribution is 9.10. The van der Waals surface area contributed by atoms with Crippen LogP contribution in [-0.2, 0) is 4.79 Å². The first-order valence-corrected chi connectivity index (χ1v) is 7.20. The first-order valence-electron chi connectivity index (χ1n) is 5.97. The number of carbonyl (C=O) groups excluding carboxylic acids is 1. The average molecular weight is 335 g/mol. The number of carbonyl (C=O) groups is 1. The Morgan fingerprint density at radius 1 is 1.33 bits per heavy atom. The third-order valence-corrected chi connectivity index (χ3v) is 4.04. The van der Waals surface area contributed by atoms with Gasteiger partial charge < -0.3 is 4.90 Å². The fourth-order valence-electron chi connectivity index (χ4n) is 2.11. The van der Waals surface area contributed by atoms with Crippen molar-refractivity contribution in [3.63, 3.8) is 0 Å². The van der Waals surface area contributed by atoms with Crippen LogP contribution in [-0.4, -0.2) is 23.9 Å². The second-order valence-electron chi connectivity index (χ2n) is 4.41. The molecule has 1 unspecified atom stereocenters. The number of alkyl halides is 1. The highest BCUT2D eigenvalue weighted by Crippen LogP contribution is 2.28. The van der Waals surface area contributed by atoms with Gasteiger partial charge in [0.25, 0.3) is 0 Å². The van der Waals surface area contributed by atoms with Crippen LogP contribution in [0.25, 0.3) is 0 Å². The highest BCUT2D eigenvalue weighted by Gasteiger charge is 2.27. The van der Waals surface area contributed by atoms with Gasteiger partial charge in [0.15, 0.2) is 0 Å². The molecule has 2 nitrogen and oxygen atoms in total. The van der Waals surface area contributed by atoms with Gasteiger partial charge in [0.2, 0.25) is 5.91 Å². The molecular formula is C13H14BrClFNO. The zero-order valence-electron chi connectivity index (χ0n) is 9.83. The number of likely N-dealkylation sites (tertiary alicyclic amines) is 1. The third-order valence-electron chi connectivity index (χ3n) is 3.12. The van der Waals surface area contributed by atoms with Gasteiger partial charge in [0.05, 0.1) is 0 Å². The van der Waals surface area contributed by atoms with E-state index in [-0.39, 0.29) is 11.5 Å². The number of nitrogens with zero attached hydrogens (tertiary/aromatic N) is 1. The topological polar surface area (TPSA) is 20.3 Å². The second kappa shape index (κ2) is 6.02. The Labute approximate surface area is 119 Å². The van der Waals surface area contributed by atoms with Crippen LogP contribution >= 0.6 is 27.5 Å². The van der Waals surface area contributed by atoms with Crippen LogP contribution < -0.4 is 0 Å². The van der Waals surface area contributed by atoms with Gasteiger partial charge in [0.1, 0.15) is 11.2 Å². The molecule has 5 heteroatoms. The minimum absolute atomic E-state index is 0.197. The van der Waals surface area contributed by atoms with E-state index < -0.39 is 11.2 Å². The van der Waals surface area contributed by atoms with Gasteiger partial charge in [-0.3, -0.25) is 4.79 Å². The molecule has 18 heavy (non-hydrogen) atoms. The number of amides is 1. The van der Waals surface area contributed by atoms with E-state index in [0.29, 0.717) is 4.47 Å². The Kier molecular flexibility index (Phi) is 4.62. The first-order chi connectivity index (χ1) is 8.59. The first kappa shape index (κ1) is 13.8. The molecule has 1 saturated heterocycles. The molecule has 0 spiro atoms. The molecule has 1 fully saturated rings. The van der Waals surface area contributed by atoms with Crippen LogP contribution in [0.1, 0.15) is 30.2 Å². The standard InChI is InChI=1S/C13H14BrClFNO/c14-9-4-5-10(11(16)8-9)12(15)13(18)17-6-2-1-3-7-17/h4-5,8,12H,1-3,6-7H2. The van der Waals surface area contributed by atoms with Crippen LogP contribution in [0.3, 0.4) is 0 Å². The Morgan fingerprint density at radius 3 is 2.61 bits per heavy atom. The molecule has 0 aliphatic carbocycles. The highest BCUT2D eigenvalue weighted by atomic mass is 79.9. The van der Waals surface area contributed by atoms with Crippen molar-refractivity contribution < 1.29 is 9.18 Å². The number of hydrogen-bond acceptors (Lipinski definition) is 1. The molecule has 98 valence electrons. The SMILES string of the molecule is O=C(C(Cl)c1ccc(Br)cc1F)N1CCCCC1. The summed E-state index contributed by atoms with van der Waals surface area (Å²) < 4.78 is 14.4. The van der Waals surface area contributed by atoms with Crippen LogP contribution in [0.5, 0.6) is 0 Å². The lowest BCUT2D eigenvalue weighted by Crippen LogP contribution is -2.37. The molecule has 2 rings (SSSR count). The number of halogens is 3. The van der Waals surface area contributed by atoms with Crippen molar-refractivity contribution >= 4 is 33.4 Å². The van der Waals surface area contributed by atoms with E-state index in [1.165, 1.54) is 6.07 Å². The Morgan fingerprint density at radius 2 is 2.00 bits per heavy atom. The fraction of sp³-hybridized carbons (Fsp3) is 0.462. The van der Waals surface area contributed by atoms with Crippen LogP contribution in [0.4, 0.5) is 4.39 Å². The zero-order chi connectivity index (χ0) is 13.1. The van der Waals surface area contributed by atoms with Gasteiger partial charge in [-0.05, 0) is 31.4 Å². The fourth-order valence-corrected chi connectivity index (χ4v) is 2.76. The van der Waals surface area contributed by atoms with Crippen molar-refractivity contribution in [3.8, 4) is 0 Å². The van der Waals surface area contributed by atoms with Crippen molar-refractivity contribution in [3.05, 3.63) is 34.1 Å². The molecule has 0 radical (unpaired) electrons. The molecule has 1 aliphatic rings. The summed E-state index contributed by atoms with van der Waals surface area (Å²) in [7, 11) is 0. The van der Waals surface area contributed by atoms with Crippen LogP contribution in [0, 0.1) is 5.82 Å². The zero-order valence-corrected chi connectivity index (χ0v) is 12.2. The molecule has 1 atom stereocenters. The molecule has 1 amide bonds. The quantitative estimate of drug-likeness (QED) is 0.752. The lowest BCUT2D eigenvalue weighted by atomic mass is 10.1. The minimum atomic E-state index is -0.934. The largest absolute Gasteiger partial charge is 0.341 e. The Hall–Kier alpha value is -0.610. The number of rotatable bonds is 2. The summed E-state index contributed by atoms with van der Waals surface area (Å²) in [4.78, 5) is 13.9. The summed E-state index contributed by atoms with van der Waals surface area (Å²) in [6.45, 7) is 1.44. The number of piperidine rings is 1. The molecule has 0 saturated carbocycles. The van der Waals surface area contributed by atoms with E-state index in [0.717, 1.165) is 32.4 Å². The second-order valence-corrected chi connectivity index (χ2v) is 5.77.